The minimum absolute atomic E-state index is 0.813. The van der Waals surface area contributed by atoms with E-state index in [1.165, 1.54) is 9.50 Å². The van der Waals surface area contributed by atoms with Gasteiger partial charge in [-0.3, -0.25) is 0 Å². The van der Waals surface area contributed by atoms with Crippen molar-refractivity contribution in [3.63, 3.8) is 0 Å². The van der Waals surface area contributed by atoms with Crippen LogP contribution in [0.25, 0.3) is 0 Å². The Bertz CT molecular complexity index is 53.4. The van der Waals surface area contributed by atoms with E-state index in [1.54, 1.807) is 0 Å². The van der Waals surface area contributed by atoms with Gasteiger partial charge in [0, 0.05) is 0 Å². The maximum atomic E-state index is 4.38. The molecule has 0 aliphatic heterocycles. The van der Waals surface area contributed by atoms with Crippen molar-refractivity contribution >= 4 is 38.6 Å². The first-order valence-electron chi connectivity index (χ1n) is 0.532. The number of hydrogen-bond donors (Lipinski definition) is 0. The second-order valence-corrected chi connectivity index (χ2v) is 4.02. The molecule has 0 fully saturated rings. The van der Waals surface area contributed by atoms with E-state index in [2.05, 4.69) is 23.0 Å². The van der Waals surface area contributed by atoms with Gasteiger partial charge in [0.1, 0.15) is 0 Å². The predicted octanol–water partition coefficient (Wildman–Crippen LogP) is 0.854. The van der Waals surface area contributed by atoms with E-state index >= 15 is 0 Å². The molecule has 22 valence electrons. The van der Waals surface area contributed by atoms with Crippen LogP contribution in [0.1, 0.15) is 0 Å². The first kappa shape index (κ1) is 5.09. The van der Waals surface area contributed by atoms with Crippen molar-refractivity contribution in [3.8, 4) is 0 Å². The molecule has 0 saturated heterocycles. The fourth-order valence-electron chi connectivity index (χ4n) is 0. The first-order valence-corrected chi connectivity index (χ1v) is 4.79. The molecule has 0 N–H and O–H groups in total. The molecule has 0 aliphatic rings. The topological polar surface area (TPSA) is 0 Å². The van der Waals surface area contributed by atoms with Gasteiger partial charge in [-0.25, -0.2) is 0 Å². The summed E-state index contributed by atoms with van der Waals surface area (Å²) in [6, 6.07) is 0. The summed E-state index contributed by atoms with van der Waals surface area (Å²) in [5.41, 5.74) is 0. The van der Waals surface area contributed by atoms with Gasteiger partial charge in [-0.05, 0) is 0 Å². The van der Waals surface area contributed by atoms with Crippen molar-refractivity contribution in [2.45, 2.75) is 0 Å². The molecule has 0 aliphatic carbocycles. The van der Waals surface area contributed by atoms with Gasteiger partial charge in [-0.2, -0.15) is 0 Å². The molecule has 0 nitrogen and oxygen atoms in total. The van der Waals surface area contributed by atoms with Crippen LogP contribution in [0.3, 0.4) is 0 Å². The van der Waals surface area contributed by atoms with Crippen molar-refractivity contribution < 1.29 is 0 Å². The summed E-state index contributed by atoms with van der Waals surface area (Å²) in [5, 5.41) is 0. The molecular formula is PS3+. The van der Waals surface area contributed by atoms with Gasteiger partial charge in [0.05, 0.1) is 0 Å². The zero-order valence-electron chi connectivity index (χ0n) is 1.67. The molecule has 0 bridgehead atoms. The van der Waals surface area contributed by atoms with E-state index in [4.69, 9.17) is 0 Å². The molecule has 4 heteroatoms. The quantitative estimate of drug-likeness (QED) is 0.442. The first-order chi connectivity index (χ1) is 1.91. The van der Waals surface area contributed by atoms with Crippen LogP contribution in [0.4, 0.5) is 0 Å². The minimum atomic E-state index is 0.813. The van der Waals surface area contributed by atoms with E-state index in [0.717, 1.165) is 6.13 Å². The Balaban J connectivity index is 3.95. The zero-order valence-corrected chi connectivity index (χ0v) is 5.02. The van der Waals surface area contributed by atoms with Crippen LogP contribution in [0.15, 0.2) is 0 Å². The summed E-state index contributed by atoms with van der Waals surface area (Å²) in [6.07, 6.45) is 0.813. The number of hydrogen-bond acceptors (Lipinski definition) is 2. The average Bonchev–Trinajstić information content (AvgIpc) is 1.37. The van der Waals surface area contributed by atoms with E-state index in [1.807, 2.05) is 0 Å². The third-order valence-electron chi connectivity index (χ3n) is 0.0304. The number of rotatable bonds is 0. The van der Waals surface area contributed by atoms with Crippen LogP contribution in [0, 0.1) is 0 Å². The second-order valence-electron chi connectivity index (χ2n) is 0.149. The fraction of sp³-hybridized carbons (Fsp3) is 0. The van der Waals surface area contributed by atoms with Crippen LogP contribution in [-0.2, 0) is 32.5 Å². The Morgan fingerprint density at radius 3 is 2.00 bits per heavy atom. The Morgan fingerprint density at radius 1 is 1.75 bits per heavy atom. The van der Waals surface area contributed by atoms with Gasteiger partial charge >= 0.3 is 38.6 Å². The van der Waals surface area contributed by atoms with Crippen molar-refractivity contribution in [1.82, 2.24) is 0 Å². The van der Waals surface area contributed by atoms with Gasteiger partial charge in [0.25, 0.3) is 0 Å². The van der Waals surface area contributed by atoms with Gasteiger partial charge in [0.15, 0.2) is 0 Å². The van der Waals surface area contributed by atoms with Crippen molar-refractivity contribution in [2.24, 2.45) is 0 Å². The third kappa shape index (κ3) is 3.09. The average molecular weight is 127 g/mol. The zero-order chi connectivity index (χ0) is 3.41. The summed E-state index contributed by atoms with van der Waals surface area (Å²) >= 11 is 8.74. The molecule has 0 saturated carbocycles. The predicted molar refractivity (Wildman–Crippen MR) is 29.0 cm³/mol. The van der Waals surface area contributed by atoms with Crippen LogP contribution in [-0.4, -0.2) is 0 Å². The van der Waals surface area contributed by atoms with Crippen molar-refractivity contribution in [1.29, 1.82) is 0 Å². The molecule has 0 unspecified atom stereocenters. The Morgan fingerprint density at radius 2 is 2.00 bits per heavy atom. The fourth-order valence-corrected chi connectivity index (χ4v) is 0. The summed E-state index contributed by atoms with van der Waals surface area (Å²) in [6.45, 7) is 0. The van der Waals surface area contributed by atoms with E-state index in [0.29, 0.717) is 0 Å². The Labute approximate surface area is 38.9 Å². The van der Waals surface area contributed by atoms with Crippen molar-refractivity contribution in [3.05, 3.63) is 0 Å². The standard InChI is InChI=1S/PS3/c2-1-4-3/q+1. The van der Waals surface area contributed by atoms with E-state index in [-0.39, 0.29) is 0 Å². The molecule has 0 rings (SSSR count). The Kier molecular flexibility index (Phi) is 5.20. The maximum absolute atomic E-state index is 4.38. The molecule has 0 aromatic rings. The molecule has 0 amide bonds. The molecule has 0 atom stereocenters. The van der Waals surface area contributed by atoms with Crippen LogP contribution in [0.2, 0.25) is 0 Å². The molecular weight excluding hydrogens is 127 g/mol. The van der Waals surface area contributed by atoms with Crippen LogP contribution in [0.5, 0.6) is 0 Å². The second kappa shape index (κ2) is 4.09. The molecule has 0 heterocycles. The summed E-state index contributed by atoms with van der Waals surface area (Å²) in [5.74, 6) is 0. The van der Waals surface area contributed by atoms with Gasteiger partial charge in [-0.15, -0.1) is 0 Å². The molecule has 0 spiro atoms. The van der Waals surface area contributed by atoms with E-state index < -0.39 is 0 Å². The Hall–Kier alpha value is 1.09. The van der Waals surface area contributed by atoms with Gasteiger partial charge in [-0.1, -0.05) is 0 Å². The SMILES string of the molecule is S=[P+]=S=S. The monoisotopic (exact) mass is 127 g/mol. The molecule has 4 heavy (non-hydrogen) atoms. The van der Waals surface area contributed by atoms with Gasteiger partial charge < -0.3 is 0 Å². The third-order valence-corrected chi connectivity index (χ3v) is 2.46. The normalized spacial score (nSPS) is 5.00. The summed E-state index contributed by atoms with van der Waals surface area (Å²) < 4.78 is 0. The molecule has 0 aromatic heterocycles. The molecule has 0 aromatic carbocycles. The van der Waals surface area contributed by atoms with Crippen LogP contribution < -0.4 is 0 Å². The summed E-state index contributed by atoms with van der Waals surface area (Å²) in [4.78, 5) is 0. The van der Waals surface area contributed by atoms with Gasteiger partial charge in [0.2, 0.25) is 0 Å². The van der Waals surface area contributed by atoms with E-state index in [9.17, 15) is 0 Å². The van der Waals surface area contributed by atoms with Crippen molar-refractivity contribution in [2.75, 3.05) is 0 Å². The molecule has 0 radical (unpaired) electrons. The summed E-state index contributed by atoms with van der Waals surface area (Å²) in [7, 11) is 1.23. The van der Waals surface area contributed by atoms with Crippen LogP contribution >= 0.6 is 6.13 Å².